The minimum atomic E-state index is -2.89. The van der Waals surface area contributed by atoms with E-state index < -0.39 is 6.61 Å². The molecule has 0 fully saturated rings. The Balaban J connectivity index is 1.56. The molecular formula is C23H20F2N4O2. The summed E-state index contributed by atoms with van der Waals surface area (Å²) in [4.78, 5) is 17.0. The maximum absolute atomic E-state index is 12.5. The fourth-order valence-electron chi connectivity index (χ4n) is 3.50. The van der Waals surface area contributed by atoms with Gasteiger partial charge in [-0.1, -0.05) is 29.8 Å². The van der Waals surface area contributed by atoms with Crippen molar-refractivity contribution in [2.24, 2.45) is 0 Å². The minimum Gasteiger partial charge on any atom is -0.435 e. The van der Waals surface area contributed by atoms with E-state index in [1.165, 1.54) is 24.3 Å². The molecule has 158 valence electrons. The standard InChI is InChI=1S/C23H20F2N4O2/c1-14-4-3-5-16(12-14)19-10-11-26-22-21(19)15(2)28-29(22)13-20(30)27-17-6-8-18(9-7-17)31-23(24)25/h3-12,23H,13H2,1-2H3,(H,27,30). The van der Waals surface area contributed by atoms with Crippen molar-refractivity contribution < 1.29 is 18.3 Å². The van der Waals surface area contributed by atoms with Crippen molar-refractivity contribution in [2.45, 2.75) is 27.0 Å². The summed E-state index contributed by atoms with van der Waals surface area (Å²) in [6.45, 7) is 0.992. The van der Waals surface area contributed by atoms with Crippen LogP contribution in [-0.4, -0.2) is 27.3 Å². The lowest BCUT2D eigenvalue weighted by Crippen LogP contribution is -2.19. The van der Waals surface area contributed by atoms with Gasteiger partial charge < -0.3 is 10.1 Å². The molecule has 0 spiro atoms. The highest BCUT2D eigenvalue weighted by molar-refractivity contribution is 5.96. The lowest BCUT2D eigenvalue weighted by atomic mass is 10.0. The van der Waals surface area contributed by atoms with Crippen molar-refractivity contribution in [2.75, 3.05) is 5.32 Å². The molecule has 8 heteroatoms. The van der Waals surface area contributed by atoms with Gasteiger partial charge in [0.2, 0.25) is 5.91 Å². The second-order valence-electron chi connectivity index (χ2n) is 7.12. The van der Waals surface area contributed by atoms with Gasteiger partial charge in [0.25, 0.3) is 0 Å². The number of rotatable bonds is 6. The summed E-state index contributed by atoms with van der Waals surface area (Å²) in [5, 5.41) is 8.14. The lowest BCUT2D eigenvalue weighted by molar-refractivity contribution is -0.116. The number of aromatic nitrogens is 3. The molecule has 1 amide bonds. The predicted octanol–water partition coefficient (Wildman–Crippen LogP) is 4.96. The van der Waals surface area contributed by atoms with E-state index in [4.69, 9.17) is 0 Å². The fourth-order valence-corrected chi connectivity index (χ4v) is 3.50. The third-order valence-electron chi connectivity index (χ3n) is 4.79. The van der Waals surface area contributed by atoms with Gasteiger partial charge in [-0.3, -0.25) is 4.79 Å². The average molecular weight is 422 g/mol. The van der Waals surface area contributed by atoms with Crippen LogP contribution in [0.4, 0.5) is 14.5 Å². The zero-order chi connectivity index (χ0) is 22.0. The molecule has 0 aliphatic heterocycles. The molecule has 2 aromatic carbocycles. The van der Waals surface area contributed by atoms with E-state index in [9.17, 15) is 13.6 Å². The summed E-state index contributed by atoms with van der Waals surface area (Å²) in [5.41, 5.74) is 5.08. The number of halogens is 2. The van der Waals surface area contributed by atoms with Crippen molar-refractivity contribution in [3.05, 3.63) is 72.1 Å². The number of carbonyl (C=O) groups is 1. The smallest absolute Gasteiger partial charge is 0.387 e. The van der Waals surface area contributed by atoms with E-state index in [1.807, 2.05) is 38.1 Å². The number of ether oxygens (including phenoxy) is 1. The van der Waals surface area contributed by atoms with E-state index >= 15 is 0 Å². The summed E-state index contributed by atoms with van der Waals surface area (Å²) < 4.78 is 30.4. The zero-order valence-electron chi connectivity index (χ0n) is 17.0. The molecule has 4 aromatic rings. The zero-order valence-corrected chi connectivity index (χ0v) is 17.0. The molecule has 0 aliphatic carbocycles. The summed E-state index contributed by atoms with van der Waals surface area (Å²) in [6.07, 6.45) is 1.71. The van der Waals surface area contributed by atoms with Gasteiger partial charge in [-0.2, -0.15) is 13.9 Å². The highest BCUT2D eigenvalue weighted by Crippen LogP contribution is 2.30. The Morgan fingerprint density at radius 2 is 1.90 bits per heavy atom. The van der Waals surface area contributed by atoms with Crippen LogP contribution < -0.4 is 10.1 Å². The van der Waals surface area contributed by atoms with Gasteiger partial charge in [0.05, 0.1) is 5.69 Å². The third-order valence-corrected chi connectivity index (χ3v) is 4.79. The Labute approximate surface area is 177 Å². The number of anilines is 1. The van der Waals surface area contributed by atoms with Gasteiger partial charge >= 0.3 is 6.61 Å². The number of hydrogen-bond donors (Lipinski definition) is 1. The first-order valence-electron chi connectivity index (χ1n) is 9.64. The number of pyridine rings is 1. The molecular weight excluding hydrogens is 402 g/mol. The highest BCUT2D eigenvalue weighted by Gasteiger charge is 2.16. The number of amides is 1. The lowest BCUT2D eigenvalue weighted by Gasteiger charge is -2.08. The first-order valence-corrected chi connectivity index (χ1v) is 9.64. The quantitative estimate of drug-likeness (QED) is 0.477. The van der Waals surface area contributed by atoms with Gasteiger partial charge in [0.1, 0.15) is 12.3 Å². The monoisotopic (exact) mass is 422 g/mol. The van der Waals surface area contributed by atoms with Crippen LogP contribution in [0, 0.1) is 13.8 Å². The van der Waals surface area contributed by atoms with Crippen LogP contribution in [0.3, 0.4) is 0 Å². The van der Waals surface area contributed by atoms with Gasteiger partial charge in [-0.05, 0) is 55.3 Å². The average Bonchev–Trinajstić information content (AvgIpc) is 3.04. The number of carbonyl (C=O) groups excluding carboxylic acids is 1. The predicted molar refractivity (Wildman–Crippen MR) is 114 cm³/mol. The van der Waals surface area contributed by atoms with Crippen molar-refractivity contribution in [1.82, 2.24) is 14.8 Å². The molecule has 0 saturated heterocycles. The van der Waals surface area contributed by atoms with Crippen LogP contribution in [0.2, 0.25) is 0 Å². The van der Waals surface area contributed by atoms with Crippen LogP contribution in [-0.2, 0) is 11.3 Å². The Bertz CT molecular complexity index is 1240. The van der Waals surface area contributed by atoms with E-state index in [0.717, 1.165) is 27.8 Å². The van der Waals surface area contributed by atoms with E-state index in [0.29, 0.717) is 11.3 Å². The molecule has 1 N–H and O–H groups in total. The molecule has 6 nitrogen and oxygen atoms in total. The topological polar surface area (TPSA) is 69.0 Å². The van der Waals surface area contributed by atoms with Gasteiger partial charge in [-0.25, -0.2) is 9.67 Å². The molecule has 0 unspecified atom stereocenters. The Morgan fingerprint density at radius 3 is 2.61 bits per heavy atom. The summed E-state index contributed by atoms with van der Waals surface area (Å²) >= 11 is 0. The highest BCUT2D eigenvalue weighted by atomic mass is 19.3. The first kappa shape index (κ1) is 20.5. The van der Waals surface area contributed by atoms with Gasteiger partial charge in [0, 0.05) is 17.3 Å². The molecule has 2 aromatic heterocycles. The van der Waals surface area contributed by atoms with Crippen molar-refractivity contribution in [3.63, 3.8) is 0 Å². The molecule has 0 saturated carbocycles. The number of fused-ring (bicyclic) bond motifs is 1. The Kier molecular flexibility index (Phi) is 5.62. The van der Waals surface area contributed by atoms with E-state index in [-0.39, 0.29) is 18.2 Å². The molecule has 0 radical (unpaired) electrons. The van der Waals surface area contributed by atoms with Crippen LogP contribution in [0.5, 0.6) is 5.75 Å². The van der Waals surface area contributed by atoms with Crippen molar-refractivity contribution in [1.29, 1.82) is 0 Å². The van der Waals surface area contributed by atoms with Crippen molar-refractivity contribution in [3.8, 4) is 16.9 Å². The summed E-state index contributed by atoms with van der Waals surface area (Å²) in [5.74, 6) is -0.288. The maximum atomic E-state index is 12.5. The van der Waals surface area contributed by atoms with Gasteiger partial charge in [-0.15, -0.1) is 0 Å². The summed E-state index contributed by atoms with van der Waals surface area (Å²) in [7, 11) is 0. The molecule has 0 bridgehead atoms. The van der Waals surface area contributed by atoms with Crippen LogP contribution >= 0.6 is 0 Å². The second kappa shape index (κ2) is 8.51. The van der Waals surface area contributed by atoms with Gasteiger partial charge in [0.15, 0.2) is 5.65 Å². The van der Waals surface area contributed by atoms with Crippen molar-refractivity contribution >= 4 is 22.6 Å². The SMILES string of the molecule is Cc1cccc(-c2ccnc3c2c(C)nn3CC(=O)Nc2ccc(OC(F)F)cc2)c1. The third kappa shape index (κ3) is 4.53. The van der Waals surface area contributed by atoms with Crippen LogP contribution in [0.25, 0.3) is 22.2 Å². The summed E-state index contributed by atoms with van der Waals surface area (Å²) in [6, 6.07) is 15.8. The Morgan fingerprint density at radius 1 is 1.13 bits per heavy atom. The second-order valence-corrected chi connectivity index (χ2v) is 7.12. The number of nitrogens with zero attached hydrogens (tertiary/aromatic N) is 3. The first-order chi connectivity index (χ1) is 14.9. The number of hydrogen-bond acceptors (Lipinski definition) is 4. The van der Waals surface area contributed by atoms with E-state index in [2.05, 4.69) is 26.2 Å². The minimum absolute atomic E-state index is 0.0228. The van der Waals surface area contributed by atoms with Crippen LogP contribution in [0.1, 0.15) is 11.3 Å². The molecule has 4 rings (SSSR count). The normalized spacial score (nSPS) is 11.1. The number of alkyl halides is 2. The molecule has 31 heavy (non-hydrogen) atoms. The molecule has 0 atom stereocenters. The molecule has 0 aliphatic rings. The maximum Gasteiger partial charge on any atom is 0.387 e. The van der Waals surface area contributed by atoms with E-state index in [1.54, 1.807) is 10.9 Å². The van der Waals surface area contributed by atoms with Crippen LogP contribution in [0.15, 0.2) is 60.8 Å². The number of aryl methyl sites for hydroxylation is 2. The Hall–Kier alpha value is -3.81. The largest absolute Gasteiger partial charge is 0.435 e. The number of benzene rings is 2. The molecule has 2 heterocycles. The fraction of sp³-hybridized carbons (Fsp3) is 0.174. The number of nitrogens with one attached hydrogen (secondary N) is 1.